The summed E-state index contributed by atoms with van der Waals surface area (Å²) in [6.45, 7) is 5.57. The second-order valence-electron chi connectivity index (χ2n) is 5.54. The van der Waals surface area contributed by atoms with E-state index in [-0.39, 0.29) is 17.6 Å². The molecule has 2 heterocycles. The van der Waals surface area contributed by atoms with E-state index < -0.39 is 0 Å². The highest BCUT2D eigenvalue weighted by atomic mass is 16.5. The summed E-state index contributed by atoms with van der Waals surface area (Å²) in [6.07, 6.45) is 3.24. The molecule has 0 aromatic carbocycles. The third-order valence-corrected chi connectivity index (χ3v) is 3.07. The molecule has 1 fully saturated rings. The van der Waals surface area contributed by atoms with Crippen LogP contribution < -0.4 is 0 Å². The summed E-state index contributed by atoms with van der Waals surface area (Å²) < 4.78 is 12.7. The van der Waals surface area contributed by atoms with Crippen molar-refractivity contribution in [3.63, 3.8) is 0 Å². The number of methoxy groups -OCH3 is 1. The maximum absolute atomic E-state index is 12.4. The third kappa shape index (κ3) is 3.33. The Morgan fingerprint density at radius 2 is 2.37 bits per heavy atom. The molecule has 1 aromatic rings. The standard InChI is InChI=1S/C13H21N3O3/c1-13(2)9-16(7-11(19-13)8-18-4)12(17)10-5-14-15(3)6-10/h5-6,11H,7-9H2,1-4H3/t11-/m0/s1. The fourth-order valence-electron chi connectivity index (χ4n) is 2.44. The number of amides is 1. The predicted molar refractivity (Wildman–Crippen MR) is 69.9 cm³/mol. The second kappa shape index (κ2) is 5.30. The van der Waals surface area contributed by atoms with Crippen molar-refractivity contribution < 1.29 is 14.3 Å². The number of hydrogen-bond acceptors (Lipinski definition) is 4. The van der Waals surface area contributed by atoms with Gasteiger partial charge in [-0.15, -0.1) is 0 Å². The Labute approximate surface area is 113 Å². The minimum atomic E-state index is -0.362. The van der Waals surface area contributed by atoms with Crippen molar-refractivity contribution in [3.8, 4) is 0 Å². The lowest BCUT2D eigenvalue weighted by Crippen LogP contribution is -2.55. The zero-order valence-electron chi connectivity index (χ0n) is 11.9. The molecule has 0 radical (unpaired) electrons. The number of aryl methyl sites for hydroxylation is 1. The number of hydrogen-bond donors (Lipinski definition) is 0. The highest BCUT2D eigenvalue weighted by Gasteiger charge is 2.36. The van der Waals surface area contributed by atoms with Crippen molar-refractivity contribution in [2.24, 2.45) is 7.05 Å². The topological polar surface area (TPSA) is 56.6 Å². The number of nitrogens with zero attached hydrogens (tertiary/aromatic N) is 3. The number of ether oxygens (including phenoxy) is 2. The molecule has 6 heteroatoms. The highest BCUT2D eigenvalue weighted by Crippen LogP contribution is 2.22. The number of carbonyl (C=O) groups is 1. The van der Waals surface area contributed by atoms with Crippen molar-refractivity contribution in [1.82, 2.24) is 14.7 Å². The first-order valence-corrected chi connectivity index (χ1v) is 6.36. The van der Waals surface area contributed by atoms with Gasteiger partial charge in [-0.1, -0.05) is 0 Å². The summed E-state index contributed by atoms with van der Waals surface area (Å²) in [5, 5.41) is 4.04. The average Bonchev–Trinajstić information content (AvgIpc) is 2.73. The molecule has 0 spiro atoms. The molecule has 19 heavy (non-hydrogen) atoms. The number of aromatic nitrogens is 2. The van der Waals surface area contributed by atoms with Crippen molar-refractivity contribution in [2.45, 2.75) is 25.6 Å². The molecule has 0 unspecified atom stereocenters. The SMILES string of the molecule is COC[C@@H]1CN(C(=O)c2cnn(C)c2)CC(C)(C)O1. The zero-order valence-corrected chi connectivity index (χ0v) is 11.9. The van der Waals surface area contributed by atoms with E-state index in [4.69, 9.17) is 9.47 Å². The molecule has 0 N–H and O–H groups in total. The molecule has 1 atom stereocenters. The Bertz CT molecular complexity index is 456. The van der Waals surface area contributed by atoms with Gasteiger partial charge in [0.2, 0.25) is 0 Å². The molecule has 0 aliphatic carbocycles. The Balaban J connectivity index is 2.12. The van der Waals surface area contributed by atoms with E-state index in [1.54, 1.807) is 31.2 Å². The molecule has 1 aliphatic rings. The lowest BCUT2D eigenvalue weighted by molar-refractivity contribution is -0.143. The van der Waals surface area contributed by atoms with E-state index in [2.05, 4.69) is 5.10 Å². The van der Waals surface area contributed by atoms with Gasteiger partial charge in [0.25, 0.3) is 5.91 Å². The van der Waals surface area contributed by atoms with Gasteiger partial charge in [-0.25, -0.2) is 0 Å². The van der Waals surface area contributed by atoms with E-state index in [1.165, 1.54) is 0 Å². The largest absolute Gasteiger partial charge is 0.382 e. The fraction of sp³-hybridized carbons (Fsp3) is 0.692. The van der Waals surface area contributed by atoms with Crippen molar-refractivity contribution in [1.29, 1.82) is 0 Å². The van der Waals surface area contributed by atoms with Crippen molar-refractivity contribution >= 4 is 5.91 Å². The maximum atomic E-state index is 12.4. The molecule has 0 saturated carbocycles. The molecule has 106 valence electrons. The van der Waals surface area contributed by atoms with Crippen LogP contribution in [0, 0.1) is 0 Å². The summed E-state index contributed by atoms with van der Waals surface area (Å²) in [4.78, 5) is 14.2. The first-order valence-electron chi connectivity index (χ1n) is 6.36. The monoisotopic (exact) mass is 267 g/mol. The van der Waals surface area contributed by atoms with Gasteiger partial charge in [0, 0.05) is 33.4 Å². The minimum Gasteiger partial charge on any atom is -0.382 e. The van der Waals surface area contributed by atoms with Crippen LogP contribution in [0.2, 0.25) is 0 Å². The van der Waals surface area contributed by atoms with Gasteiger partial charge >= 0.3 is 0 Å². The van der Waals surface area contributed by atoms with Crippen LogP contribution in [0.25, 0.3) is 0 Å². The maximum Gasteiger partial charge on any atom is 0.257 e. The lowest BCUT2D eigenvalue weighted by atomic mass is 10.0. The molecule has 1 amide bonds. The smallest absolute Gasteiger partial charge is 0.257 e. The van der Waals surface area contributed by atoms with Crippen LogP contribution in [0.1, 0.15) is 24.2 Å². The van der Waals surface area contributed by atoms with Crippen LogP contribution in [0.3, 0.4) is 0 Å². The quantitative estimate of drug-likeness (QED) is 0.808. The third-order valence-electron chi connectivity index (χ3n) is 3.07. The van der Waals surface area contributed by atoms with Crippen LogP contribution in [-0.4, -0.2) is 59.1 Å². The average molecular weight is 267 g/mol. The van der Waals surface area contributed by atoms with E-state index >= 15 is 0 Å². The Morgan fingerprint density at radius 1 is 1.63 bits per heavy atom. The molecule has 0 bridgehead atoms. The predicted octanol–water partition coefficient (Wildman–Crippen LogP) is 0.686. The number of rotatable bonds is 3. The molecular weight excluding hydrogens is 246 g/mol. The van der Waals surface area contributed by atoms with E-state index in [9.17, 15) is 4.79 Å². The van der Waals surface area contributed by atoms with Gasteiger partial charge in [-0.3, -0.25) is 9.48 Å². The summed E-state index contributed by atoms with van der Waals surface area (Å²) in [5.74, 6) is -0.00872. The van der Waals surface area contributed by atoms with Crippen LogP contribution in [-0.2, 0) is 16.5 Å². The first kappa shape index (κ1) is 14.0. The van der Waals surface area contributed by atoms with Crippen molar-refractivity contribution in [2.75, 3.05) is 26.8 Å². The van der Waals surface area contributed by atoms with Crippen LogP contribution >= 0.6 is 0 Å². The van der Waals surface area contributed by atoms with E-state index in [1.807, 2.05) is 18.7 Å². The van der Waals surface area contributed by atoms with Gasteiger partial charge in [-0.2, -0.15) is 5.10 Å². The first-order chi connectivity index (χ1) is 8.91. The zero-order chi connectivity index (χ0) is 14.0. The molecule has 6 nitrogen and oxygen atoms in total. The minimum absolute atomic E-state index is 0.00872. The fourth-order valence-corrected chi connectivity index (χ4v) is 2.44. The molecule has 2 rings (SSSR count). The van der Waals surface area contributed by atoms with Crippen LogP contribution in [0.5, 0.6) is 0 Å². The van der Waals surface area contributed by atoms with Gasteiger partial charge in [0.1, 0.15) is 0 Å². The molecular formula is C13H21N3O3. The summed E-state index contributed by atoms with van der Waals surface area (Å²) >= 11 is 0. The molecule has 1 aromatic heterocycles. The Morgan fingerprint density at radius 3 is 2.95 bits per heavy atom. The van der Waals surface area contributed by atoms with Gasteiger partial charge < -0.3 is 14.4 Å². The second-order valence-corrected chi connectivity index (χ2v) is 5.54. The normalized spacial score (nSPS) is 22.5. The summed E-state index contributed by atoms with van der Waals surface area (Å²) in [5.41, 5.74) is 0.246. The lowest BCUT2D eigenvalue weighted by Gasteiger charge is -2.42. The number of morpholine rings is 1. The van der Waals surface area contributed by atoms with Gasteiger partial charge in [0.15, 0.2) is 0 Å². The number of carbonyl (C=O) groups excluding carboxylic acids is 1. The highest BCUT2D eigenvalue weighted by molar-refractivity contribution is 5.93. The summed E-state index contributed by atoms with van der Waals surface area (Å²) in [7, 11) is 3.44. The Kier molecular flexibility index (Phi) is 3.91. The van der Waals surface area contributed by atoms with E-state index in [0.29, 0.717) is 25.3 Å². The van der Waals surface area contributed by atoms with E-state index in [0.717, 1.165) is 0 Å². The molecule has 1 saturated heterocycles. The summed E-state index contributed by atoms with van der Waals surface area (Å²) in [6, 6.07) is 0. The van der Waals surface area contributed by atoms with Crippen LogP contribution in [0.4, 0.5) is 0 Å². The Hall–Kier alpha value is -1.40. The van der Waals surface area contributed by atoms with Crippen LogP contribution in [0.15, 0.2) is 12.4 Å². The van der Waals surface area contributed by atoms with Crippen molar-refractivity contribution in [3.05, 3.63) is 18.0 Å². The van der Waals surface area contributed by atoms with Gasteiger partial charge in [0.05, 0.1) is 30.1 Å². The molecule has 1 aliphatic heterocycles. The van der Waals surface area contributed by atoms with Gasteiger partial charge in [-0.05, 0) is 13.8 Å².